The summed E-state index contributed by atoms with van der Waals surface area (Å²) in [6.45, 7) is 0.673. The van der Waals surface area contributed by atoms with Gasteiger partial charge in [-0.25, -0.2) is 8.42 Å². The van der Waals surface area contributed by atoms with Crippen LogP contribution >= 0.6 is 0 Å². The topological polar surface area (TPSA) is 66.1 Å². The molecule has 1 N–H and O–H groups in total. The monoisotopic (exact) mass is 381 g/mol. The standard InChI is InChI=1S/C21H23N3O2S/c1-24(20-11-12-27(25,26)15-20)14-19-13-22-23-21(19)18-9-7-17(8-10-18)16-5-3-2-4-6-16/h2-10,13,20H,11-12,14-15H2,1H3,(H,22,23). The summed E-state index contributed by atoms with van der Waals surface area (Å²) in [5.74, 6) is 0.545. The van der Waals surface area contributed by atoms with Gasteiger partial charge in [0.25, 0.3) is 0 Å². The lowest BCUT2D eigenvalue weighted by atomic mass is 10.0. The Labute approximate surface area is 160 Å². The van der Waals surface area contributed by atoms with Crippen LogP contribution in [-0.4, -0.2) is 48.1 Å². The van der Waals surface area contributed by atoms with Crippen LogP contribution in [0, 0.1) is 0 Å². The minimum atomic E-state index is -2.88. The Morgan fingerprint density at radius 2 is 1.70 bits per heavy atom. The average Bonchev–Trinajstić information content (AvgIpc) is 3.28. The van der Waals surface area contributed by atoms with E-state index in [0.29, 0.717) is 18.7 Å². The minimum absolute atomic E-state index is 0.0817. The van der Waals surface area contributed by atoms with E-state index in [2.05, 4.69) is 51.5 Å². The molecular formula is C21H23N3O2S. The third kappa shape index (κ3) is 3.96. The van der Waals surface area contributed by atoms with Crippen molar-refractivity contribution in [2.75, 3.05) is 18.6 Å². The Bertz CT molecular complexity index is 1010. The van der Waals surface area contributed by atoms with Gasteiger partial charge >= 0.3 is 0 Å². The maximum absolute atomic E-state index is 11.7. The summed E-state index contributed by atoms with van der Waals surface area (Å²) >= 11 is 0. The summed E-state index contributed by atoms with van der Waals surface area (Å²) in [4.78, 5) is 2.12. The van der Waals surface area contributed by atoms with Crippen molar-refractivity contribution in [3.05, 3.63) is 66.4 Å². The van der Waals surface area contributed by atoms with Crippen molar-refractivity contribution in [2.45, 2.75) is 19.0 Å². The lowest BCUT2D eigenvalue weighted by Crippen LogP contribution is -2.32. The Morgan fingerprint density at radius 3 is 2.37 bits per heavy atom. The number of H-pyrrole nitrogens is 1. The summed E-state index contributed by atoms with van der Waals surface area (Å²) in [6, 6.07) is 18.8. The number of hydrogen-bond acceptors (Lipinski definition) is 4. The zero-order valence-corrected chi connectivity index (χ0v) is 16.1. The van der Waals surface area contributed by atoms with E-state index >= 15 is 0 Å². The van der Waals surface area contributed by atoms with Crippen LogP contribution in [-0.2, 0) is 16.4 Å². The van der Waals surface area contributed by atoms with Crippen molar-refractivity contribution in [3.8, 4) is 22.4 Å². The number of sulfone groups is 1. The first-order chi connectivity index (χ1) is 13.0. The van der Waals surface area contributed by atoms with Crippen molar-refractivity contribution in [1.82, 2.24) is 15.1 Å². The summed E-state index contributed by atoms with van der Waals surface area (Å²) in [5.41, 5.74) is 5.51. The molecular weight excluding hydrogens is 358 g/mol. The molecule has 0 aliphatic carbocycles. The van der Waals surface area contributed by atoms with E-state index in [4.69, 9.17) is 0 Å². The van der Waals surface area contributed by atoms with Crippen molar-refractivity contribution < 1.29 is 8.42 Å². The highest BCUT2D eigenvalue weighted by Crippen LogP contribution is 2.27. The number of hydrogen-bond donors (Lipinski definition) is 1. The molecule has 2 aromatic carbocycles. The number of aromatic nitrogens is 2. The molecule has 6 heteroatoms. The number of rotatable bonds is 5. The average molecular weight is 382 g/mol. The van der Waals surface area contributed by atoms with Gasteiger partial charge in [-0.3, -0.25) is 10.00 Å². The van der Waals surface area contributed by atoms with Gasteiger partial charge in [-0.1, -0.05) is 54.6 Å². The normalized spacial score (nSPS) is 18.8. The third-order valence-corrected chi connectivity index (χ3v) is 7.00. The van der Waals surface area contributed by atoms with Gasteiger partial charge in [0.05, 0.1) is 23.4 Å². The first kappa shape index (κ1) is 17.9. The summed E-state index contributed by atoms with van der Waals surface area (Å²) in [7, 11) is -0.891. The van der Waals surface area contributed by atoms with Gasteiger partial charge in [0, 0.05) is 18.2 Å². The second-order valence-electron chi connectivity index (χ2n) is 7.19. The van der Waals surface area contributed by atoms with Crippen molar-refractivity contribution in [1.29, 1.82) is 0 Å². The molecule has 1 aromatic heterocycles. The van der Waals surface area contributed by atoms with E-state index < -0.39 is 9.84 Å². The van der Waals surface area contributed by atoms with Gasteiger partial charge in [0.1, 0.15) is 0 Å². The second kappa shape index (κ2) is 7.29. The molecule has 1 unspecified atom stereocenters. The minimum Gasteiger partial charge on any atom is -0.298 e. The van der Waals surface area contributed by atoms with Crippen LogP contribution in [0.5, 0.6) is 0 Å². The first-order valence-electron chi connectivity index (χ1n) is 9.10. The highest BCUT2D eigenvalue weighted by atomic mass is 32.2. The molecule has 0 spiro atoms. The number of benzene rings is 2. The molecule has 0 amide bonds. The molecule has 5 nitrogen and oxygen atoms in total. The molecule has 27 heavy (non-hydrogen) atoms. The lowest BCUT2D eigenvalue weighted by molar-refractivity contribution is 0.254. The molecule has 0 bridgehead atoms. The van der Waals surface area contributed by atoms with Crippen LogP contribution in [0.3, 0.4) is 0 Å². The van der Waals surface area contributed by atoms with Gasteiger partial charge in [-0.2, -0.15) is 5.10 Å². The highest BCUT2D eigenvalue weighted by Gasteiger charge is 2.30. The van der Waals surface area contributed by atoms with Crippen molar-refractivity contribution in [2.24, 2.45) is 0 Å². The number of aromatic amines is 1. The van der Waals surface area contributed by atoms with E-state index in [9.17, 15) is 8.42 Å². The molecule has 1 aliphatic heterocycles. The number of nitrogens with zero attached hydrogens (tertiary/aromatic N) is 2. The molecule has 1 saturated heterocycles. The summed E-state index contributed by atoms with van der Waals surface area (Å²) in [5, 5.41) is 7.32. The quantitative estimate of drug-likeness (QED) is 0.736. The molecule has 1 aliphatic rings. The Kier molecular flexibility index (Phi) is 4.85. The third-order valence-electron chi connectivity index (χ3n) is 5.25. The van der Waals surface area contributed by atoms with Crippen molar-refractivity contribution >= 4 is 9.84 Å². The summed E-state index contributed by atoms with van der Waals surface area (Å²) in [6.07, 6.45) is 2.54. The van der Waals surface area contributed by atoms with Crippen LogP contribution in [0.2, 0.25) is 0 Å². The van der Waals surface area contributed by atoms with Gasteiger partial charge in [-0.15, -0.1) is 0 Å². The molecule has 1 atom stereocenters. The molecule has 0 saturated carbocycles. The Hall–Kier alpha value is -2.44. The molecule has 4 rings (SSSR count). The van der Waals surface area contributed by atoms with Gasteiger partial charge in [-0.05, 0) is 30.2 Å². The maximum Gasteiger partial charge on any atom is 0.151 e. The summed E-state index contributed by atoms with van der Waals surface area (Å²) < 4.78 is 23.5. The fraction of sp³-hybridized carbons (Fsp3) is 0.286. The van der Waals surface area contributed by atoms with E-state index in [-0.39, 0.29) is 11.8 Å². The van der Waals surface area contributed by atoms with E-state index in [1.54, 1.807) is 0 Å². The van der Waals surface area contributed by atoms with Gasteiger partial charge in [0.15, 0.2) is 9.84 Å². The smallest absolute Gasteiger partial charge is 0.151 e. The predicted octanol–water partition coefficient (Wildman–Crippen LogP) is 3.36. The van der Waals surface area contributed by atoms with Crippen molar-refractivity contribution in [3.63, 3.8) is 0 Å². The molecule has 1 fully saturated rings. The molecule has 3 aromatic rings. The zero-order chi connectivity index (χ0) is 18.9. The van der Waals surface area contributed by atoms with Crippen LogP contribution < -0.4 is 0 Å². The van der Waals surface area contributed by atoms with Crippen LogP contribution in [0.4, 0.5) is 0 Å². The van der Waals surface area contributed by atoms with E-state index in [1.807, 2.05) is 31.4 Å². The van der Waals surface area contributed by atoms with Crippen LogP contribution in [0.1, 0.15) is 12.0 Å². The fourth-order valence-corrected chi connectivity index (χ4v) is 5.47. The Balaban J connectivity index is 1.52. The number of nitrogens with one attached hydrogen (secondary N) is 1. The van der Waals surface area contributed by atoms with Crippen LogP contribution in [0.25, 0.3) is 22.4 Å². The van der Waals surface area contributed by atoms with E-state index in [0.717, 1.165) is 16.8 Å². The molecule has 0 radical (unpaired) electrons. The largest absolute Gasteiger partial charge is 0.298 e. The molecule has 140 valence electrons. The maximum atomic E-state index is 11.7. The predicted molar refractivity (Wildman–Crippen MR) is 108 cm³/mol. The van der Waals surface area contributed by atoms with E-state index in [1.165, 1.54) is 11.1 Å². The zero-order valence-electron chi connectivity index (χ0n) is 15.3. The second-order valence-corrected chi connectivity index (χ2v) is 9.41. The van der Waals surface area contributed by atoms with Gasteiger partial charge in [0.2, 0.25) is 0 Å². The molecule has 2 heterocycles. The van der Waals surface area contributed by atoms with Gasteiger partial charge < -0.3 is 0 Å². The van der Waals surface area contributed by atoms with Crippen LogP contribution in [0.15, 0.2) is 60.8 Å². The fourth-order valence-electron chi connectivity index (χ4n) is 3.66. The SMILES string of the molecule is CN(Cc1cn[nH]c1-c1ccc(-c2ccccc2)cc1)C1CCS(=O)(=O)C1. The Morgan fingerprint density at radius 1 is 1.04 bits per heavy atom. The first-order valence-corrected chi connectivity index (χ1v) is 10.9. The highest BCUT2D eigenvalue weighted by molar-refractivity contribution is 7.91. The lowest BCUT2D eigenvalue weighted by Gasteiger charge is -2.22.